The van der Waals surface area contributed by atoms with Crippen LogP contribution in [0.5, 0.6) is 0 Å². The molecule has 2 aromatic heterocycles. The third-order valence-electron chi connectivity index (χ3n) is 5.13. The van der Waals surface area contributed by atoms with Crippen LogP contribution in [-0.2, 0) is 10.2 Å². The van der Waals surface area contributed by atoms with Gasteiger partial charge in [0.15, 0.2) is 0 Å². The van der Waals surface area contributed by atoms with Crippen LogP contribution in [0.3, 0.4) is 0 Å². The molecule has 0 aliphatic carbocycles. The molecule has 0 saturated carbocycles. The molecule has 0 aromatic carbocycles. The Labute approximate surface area is 141 Å². The summed E-state index contributed by atoms with van der Waals surface area (Å²) in [5.41, 5.74) is 12.4. The summed E-state index contributed by atoms with van der Waals surface area (Å²) in [6, 6.07) is 5.79. The molecule has 2 aliphatic heterocycles. The van der Waals surface area contributed by atoms with Crippen molar-refractivity contribution in [2.45, 2.75) is 44.2 Å². The SMILES string of the molecule is CC1(C)C[C@H]2N(c3cccc(N)n3)c3nc(N)ncc3[C@@]2(C)CO1. The van der Waals surface area contributed by atoms with E-state index in [2.05, 4.69) is 40.6 Å². The van der Waals surface area contributed by atoms with Crippen molar-refractivity contribution in [2.24, 2.45) is 0 Å². The molecule has 126 valence electrons. The first-order chi connectivity index (χ1) is 11.3. The molecule has 1 fully saturated rings. The quantitative estimate of drug-likeness (QED) is 0.826. The van der Waals surface area contributed by atoms with Gasteiger partial charge in [0, 0.05) is 17.2 Å². The Balaban J connectivity index is 1.92. The van der Waals surface area contributed by atoms with E-state index in [0.717, 1.165) is 23.6 Å². The van der Waals surface area contributed by atoms with Crippen molar-refractivity contribution in [3.8, 4) is 0 Å². The summed E-state index contributed by atoms with van der Waals surface area (Å²) < 4.78 is 6.12. The first kappa shape index (κ1) is 15.1. The van der Waals surface area contributed by atoms with Gasteiger partial charge in [-0.3, -0.25) is 0 Å². The molecule has 7 nitrogen and oxygen atoms in total. The molecular weight excluding hydrogens is 304 g/mol. The first-order valence-electron chi connectivity index (χ1n) is 8.09. The van der Waals surface area contributed by atoms with Gasteiger partial charge in [0.25, 0.3) is 0 Å². The largest absolute Gasteiger partial charge is 0.384 e. The van der Waals surface area contributed by atoms with Gasteiger partial charge in [0.2, 0.25) is 5.95 Å². The second kappa shape index (κ2) is 4.80. The summed E-state index contributed by atoms with van der Waals surface area (Å²) in [5.74, 6) is 2.32. The van der Waals surface area contributed by atoms with Crippen LogP contribution >= 0.6 is 0 Å². The molecule has 7 heteroatoms. The molecule has 2 aromatic rings. The van der Waals surface area contributed by atoms with Gasteiger partial charge in [-0.2, -0.15) is 4.98 Å². The topological polar surface area (TPSA) is 103 Å². The summed E-state index contributed by atoms with van der Waals surface area (Å²) in [6.07, 6.45) is 2.66. The molecule has 24 heavy (non-hydrogen) atoms. The number of pyridine rings is 1. The van der Waals surface area contributed by atoms with Crippen molar-refractivity contribution in [3.63, 3.8) is 0 Å². The number of ether oxygens (including phenoxy) is 1. The van der Waals surface area contributed by atoms with Crippen molar-refractivity contribution in [3.05, 3.63) is 30.0 Å². The van der Waals surface area contributed by atoms with Crippen molar-refractivity contribution in [1.82, 2.24) is 15.0 Å². The predicted octanol–water partition coefficient (Wildman–Crippen LogP) is 2.01. The standard InChI is InChI=1S/C17H22N6O/c1-16(2)7-11-17(3,9-24-16)10-8-20-15(19)22-14(10)23(11)13-6-4-5-12(18)21-13/h4-6,8,11H,7,9H2,1-3H3,(H2,18,21)(H2,19,20,22)/t11-,17-/m1/s1. The van der Waals surface area contributed by atoms with Gasteiger partial charge in [-0.1, -0.05) is 13.0 Å². The van der Waals surface area contributed by atoms with E-state index in [1.54, 1.807) is 6.07 Å². The van der Waals surface area contributed by atoms with Crippen LogP contribution in [0.4, 0.5) is 23.4 Å². The van der Waals surface area contributed by atoms with Crippen molar-refractivity contribution in [2.75, 3.05) is 23.0 Å². The van der Waals surface area contributed by atoms with Gasteiger partial charge in [0.1, 0.15) is 17.5 Å². The minimum Gasteiger partial charge on any atom is -0.384 e. The molecule has 0 amide bonds. The molecule has 2 aliphatic rings. The van der Waals surface area contributed by atoms with Crippen LogP contribution in [0.1, 0.15) is 32.8 Å². The van der Waals surface area contributed by atoms with Crippen LogP contribution in [0.25, 0.3) is 0 Å². The molecule has 4 N–H and O–H groups in total. The molecular formula is C17H22N6O. The van der Waals surface area contributed by atoms with Gasteiger partial charge in [-0.25, -0.2) is 9.97 Å². The average molecular weight is 326 g/mol. The summed E-state index contributed by atoms with van der Waals surface area (Å²) in [7, 11) is 0. The van der Waals surface area contributed by atoms with E-state index in [9.17, 15) is 0 Å². The fraction of sp³-hybridized carbons (Fsp3) is 0.471. The van der Waals surface area contributed by atoms with Crippen LogP contribution in [0.2, 0.25) is 0 Å². The second-order valence-corrected chi connectivity index (χ2v) is 7.44. The zero-order chi connectivity index (χ0) is 17.1. The molecule has 4 rings (SSSR count). The average Bonchev–Trinajstić information content (AvgIpc) is 2.75. The molecule has 4 heterocycles. The summed E-state index contributed by atoms with van der Waals surface area (Å²) in [5, 5.41) is 0. The lowest BCUT2D eigenvalue weighted by Gasteiger charge is -2.46. The highest BCUT2D eigenvalue weighted by atomic mass is 16.5. The lowest BCUT2D eigenvalue weighted by molar-refractivity contribution is -0.0893. The number of hydrogen-bond acceptors (Lipinski definition) is 7. The fourth-order valence-corrected chi connectivity index (χ4v) is 3.79. The van der Waals surface area contributed by atoms with Crippen LogP contribution < -0.4 is 16.4 Å². The molecule has 0 unspecified atom stereocenters. The maximum atomic E-state index is 6.12. The van der Waals surface area contributed by atoms with E-state index < -0.39 is 0 Å². The second-order valence-electron chi connectivity index (χ2n) is 7.44. The Morgan fingerprint density at radius 3 is 2.75 bits per heavy atom. The highest BCUT2D eigenvalue weighted by Gasteiger charge is 2.55. The molecule has 1 saturated heterocycles. The Morgan fingerprint density at radius 2 is 2.00 bits per heavy atom. The van der Waals surface area contributed by atoms with Crippen molar-refractivity contribution in [1.29, 1.82) is 0 Å². The highest BCUT2D eigenvalue weighted by molar-refractivity contribution is 5.70. The lowest BCUT2D eigenvalue weighted by Crippen LogP contribution is -2.54. The van der Waals surface area contributed by atoms with E-state index in [1.165, 1.54) is 0 Å². The van der Waals surface area contributed by atoms with Crippen molar-refractivity contribution >= 4 is 23.4 Å². The minimum absolute atomic E-state index is 0.154. The van der Waals surface area contributed by atoms with E-state index in [-0.39, 0.29) is 23.0 Å². The Bertz CT molecular complexity index is 807. The maximum Gasteiger partial charge on any atom is 0.221 e. The number of nitrogens with two attached hydrogens (primary N) is 2. The Hall–Kier alpha value is -2.41. The zero-order valence-corrected chi connectivity index (χ0v) is 14.2. The summed E-state index contributed by atoms with van der Waals surface area (Å²) in [6.45, 7) is 7.02. The highest BCUT2D eigenvalue weighted by Crippen LogP contribution is 2.52. The first-order valence-corrected chi connectivity index (χ1v) is 8.09. The van der Waals surface area contributed by atoms with Gasteiger partial charge in [-0.15, -0.1) is 0 Å². The summed E-state index contributed by atoms with van der Waals surface area (Å²) in [4.78, 5) is 15.4. The zero-order valence-electron chi connectivity index (χ0n) is 14.2. The van der Waals surface area contributed by atoms with Gasteiger partial charge in [-0.05, 0) is 32.4 Å². The molecule has 0 bridgehead atoms. The maximum absolute atomic E-state index is 6.12. The minimum atomic E-state index is -0.218. The number of hydrogen-bond donors (Lipinski definition) is 2. The number of rotatable bonds is 1. The van der Waals surface area contributed by atoms with Gasteiger partial charge >= 0.3 is 0 Å². The Morgan fingerprint density at radius 1 is 1.21 bits per heavy atom. The smallest absolute Gasteiger partial charge is 0.221 e. The van der Waals surface area contributed by atoms with Gasteiger partial charge in [0.05, 0.1) is 18.2 Å². The number of nitrogens with zero attached hydrogens (tertiary/aromatic N) is 4. The van der Waals surface area contributed by atoms with Crippen molar-refractivity contribution < 1.29 is 4.74 Å². The predicted molar refractivity (Wildman–Crippen MR) is 93.0 cm³/mol. The monoisotopic (exact) mass is 326 g/mol. The number of nitrogen functional groups attached to an aromatic ring is 2. The van der Waals surface area contributed by atoms with Crippen LogP contribution in [0, 0.1) is 0 Å². The third-order valence-corrected chi connectivity index (χ3v) is 5.13. The number of fused-ring (bicyclic) bond motifs is 3. The van der Waals surface area contributed by atoms with Crippen LogP contribution in [-0.4, -0.2) is 33.2 Å². The number of anilines is 4. The van der Waals surface area contributed by atoms with Gasteiger partial charge < -0.3 is 21.1 Å². The molecule has 0 radical (unpaired) electrons. The third kappa shape index (κ3) is 2.11. The van der Waals surface area contributed by atoms with E-state index in [0.29, 0.717) is 12.4 Å². The molecule has 0 spiro atoms. The Kier molecular flexibility index (Phi) is 3.02. The van der Waals surface area contributed by atoms with E-state index in [4.69, 9.17) is 16.2 Å². The molecule has 2 atom stereocenters. The normalized spacial score (nSPS) is 27.6. The lowest BCUT2D eigenvalue weighted by atomic mass is 9.73. The van der Waals surface area contributed by atoms with E-state index >= 15 is 0 Å². The fourth-order valence-electron chi connectivity index (χ4n) is 3.79. The summed E-state index contributed by atoms with van der Waals surface area (Å²) >= 11 is 0. The van der Waals surface area contributed by atoms with E-state index in [1.807, 2.05) is 18.3 Å². The number of aromatic nitrogens is 3. The van der Waals surface area contributed by atoms with Crippen LogP contribution in [0.15, 0.2) is 24.4 Å².